The minimum Gasteiger partial charge on any atom is -0.373 e. The molecule has 1 heterocycles. The van der Waals surface area contributed by atoms with Crippen molar-refractivity contribution in [3.63, 3.8) is 0 Å². The van der Waals surface area contributed by atoms with Crippen LogP contribution in [0, 0.1) is 12.8 Å². The summed E-state index contributed by atoms with van der Waals surface area (Å²) in [5.74, 6) is 0.761. The Labute approximate surface area is 127 Å². The molecule has 2 rings (SSSR count). The topological polar surface area (TPSA) is 21.3 Å². The van der Waals surface area contributed by atoms with Gasteiger partial charge in [0.05, 0.1) is 11.6 Å². The van der Waals surface area contributed by atoms with Gasteiger partial charge in [0.25, 0.3) is 0 Å². The standard InChI is InChI=1S/C17H29NOS/c1-5-18-16(15-14(4)9-11-20-15)17(19-6-2)10-7-8-13(3)12-17/h9,11,13,16,18H,5-8,10,12H2,1-4H3. The van der Waals surface area contributed by atoms with E-state index in [0.29, 0.717) is 6.04 Å². The van der Waals surface area contributed by atoms with Gasteiger partial charge in [-0.1, -0.05) is 26.7 Å². The van der Waals surface area contributed by atoms with E-state index < -0.39 is 0 Å². The Morgan fingerprint density at radius 1 is 1.50 bits per heavy atom. The maximum absolute atomic E-state index is 6.38. The van der Waals surface area contributed by atoms with Gasteiger partial charge in [0, 0.05) is 11.5 Å². The van der Waals surface area contributed by atoms with Gasteiger partial charge in [-0.2, -0.15) is 0 Å². The Morgan fingerprint density at radius 2 is 2.30 bits per heavy atom. The summed E-state index contributed by atoms with van der Waals surface area (Å²) in [7, 11) is 0. The Bertz CT molecular complexity index is 413. The highest BCUT2D eigenvalue weighted by Crippen LogP contribution is 2.45. The summed E-state index contributed by atoms with van der Waals surface area (Å²) in [6.07, 6.45) is 4.99. The van der Waals surface area contributed by atoms with Gasteiger partial charge in [0.15, 0.2) is 0 Å². The van der Waals surface area contributed by atoms with E-state index in [4.69, 9.17) is 4.74 Å². The molecule has 3 unspecified atom stereocenters. The number of thiophene rings is 1. The highest BCUT2D eigenvalue weighted by atomic mass is 32.1. The first-order valence-electron chi connectivity index (χ1n) is 8.04. The van der Waals surface area contributed by atoms with Crippen LogP contribution >= 0.6 is 11.3 Å². The second-order valence-corrected chi connectivity index (χ2v) is 7.11. The third kappa shape index (κ3) is 3.26. The summed E-state index contributed by atoms with van der Waals surface area (Å²) in [6.45, 7) is 10.7. The van der Waals surface area contributed by atoms with Crippen LogP contribution in [-0.2, 0) is 4.74 Å². The van der Waals surface area contributed by atoms with E-state index in [1.54, 1.807) is 0 Å². The smallest absolute Gasteiger partial charge is 0.0886 e. The molecule has 1 fully saturated rings. The SMILES string of the molecule is CCNC(c1sccc1C)C1(OCC)CCCC(C)C1. The number of hydrogen-bond donors (Lipinski definition) is 1. The Balaban J connectivity index is 2.34. The van der Waals surface area contributed by atoms with E-state index in [1.165, 1.54) is 36.1 Å². The van der Waals surface area contributed by atoms with Gasteiger partial charge in [-0.25, -0.2) is 0 Å². The lowest BCUT2D eigenvalue weighted by Crippen LogP contribution is -2.49. The fourth-order valence-electron chi connectivity index (χ4n) is 3.71. The molecule has 2 nitrogen and oxygen atoms in total. The summed E-state index contributed by atoms with van der Waals surface area (Å²) in [6, 6.07) is 2.58. The number of ether oxygens (including phenoxy) is 1. The zero-order chi connectivity index (χ0) is 14.6. The molecule has 0 bridgehead atoms. The zero-order valence-electron chi connectivity index (χ0n) is 13.4. The van der Waals surface area contributed by atoms with Crippen molar-refractivity contribution in [1.82, 2.24) is 5.32 Å². The van der Waals surface area contributed by atoms with Gasteiger partial charge >= 0.3 is 0 Å². The lowest BCUT2D eigenvalue weighted by molar-refractivity contribution is -0.101. The van der Waals surface area contributed by atoms with E-state index in [2.05, 4.69) is 44.5 Å². The van der Waals surface area contributed by atoms with Gasteiger partial charge in [-0.05, 0) is 56.2 Å². The molecule has 20 heavy (non-hydrogen) atoms. The predicted molar refractivity (Wildman–Crippen MR) is 87.5 cm³/mol. The van der Waals surface area contributed by atoms with Crippen molar-refractivity contribution < 1.29 is 4.74 Å². The monoisotopic (exact) mass is 295 g/mol. The van der Waals surface area contributed by atoms with Gasteiger partial charge in [0.1, 0.15) is 0 Å². The fraction of sp³-hybridized carbons (Fsp3) is 0.765. The van der Waals surface area contributed by atoms with Crippen LogP contribution in [-0.4, -0.2) is 18.8 Å². The lowest BCUT2D eigenvalue weighted by Gasteiger charge is -2.45. The molecule has 1 aliphatic rings. The Morgan fingerprint density at radius 3 is 2.85 bits per heavy atom. The maximum atomic E-state index is 6.38. The molecular formula is C17H29NOS. The summed E-state index contributed by atoms with van der Waals surface area (Å²) in [5, 5.41) is 5.94. The van der Waals surface area contributed by atoms with Crippen LogP contribution < -0.4 is 5.32 Å². The van der Waals surface area contributed by atoms with Crippen LogP contribution in [0.2, 0.25) is 0 Å². The van der Waals surface area contributed by atoms with Crippen molar-refractivity contribution in [2.75, 3.05) is 13.2 Å². The summed E-state index contributed by atoms with van der Waals surface area (Å²) in [5.41, 5.74) is 1.39. The van der Waals surface area contributed by atoms with Crippen LogP contribution in [0.5, 0.6) is 0 Å². The molecule has 1 saturated carbocycles. The Kier molecular flexibility index (Phi) is 5.65. The van der Waals surface area contributed by atoms with Crippen LogP contribution in [0.1, 0.15) is 62.9 Å². The van der Waals surface area contributed by atoms with E-state index >= 15 is 0 Å². The lowest BCUT2D eigenvalue weighted by atomic mass is 9.73. The third-order valence-electron chi connectivity index (χ3n) is 4.52. The number of hydrogen-bond acceptors (Lipinski definition) is 3. The molecule has 3 heteroatoms. The number of rotatable bonds is 6. The molecule has 1 aromatic rings. The molecule has 0 radical (unpaired) electrons. The predicted octanol–water partition coefficient (Wildman–Crippen LogP) is 4.69. The highest BCUT2D eigenvalue weighted by Gasteiger charge is 2.44. The van der Waals surface area contributed by atoms with Gasteiger partial charge in [0.2, 0.25) is 0 Å². The normalized spacial score (nSPS) is 28.5. The summed E-state index contributed by atoms with van der Waals surface area (Å²) >= 11 is 1.87. The molecule has 1 aliphatic carbocycles. The molecule has 114 valence electrons. The molecule has 0 aliphatic heterocycles. The molecule has 0 saturated heterocycles. The van der Waals surface area contributed by atoms with Crippen molar-refractivity contribution in [2.45, 2.75) is 65.0 Å². The van der Waals surface area contributed by atoms with E-state index in [9.17, 15) is 0 Å². The molecule has 1 aromatic heterocycles. The van der Waals surface area contributed by atoms with E-state index in [0.717, 1.165) is 19.1 Å². The van der Waals surface area contributed by atoms with Crippen molar-refractivity contribution in [2.24, 2.45) is 5.92 Å². The first-order chi connectivity index (χ1) is 9.63. The van der Waals surface area contributed by atoms with Crippen LogP contribution in [0.3, 0.4) is 0 Å². The molecular weight excluding hydrogens is 266 g/mol. The highest BCUT2D eigenvalue weighted by molar-refractivity contribution is 7.10. The van der Waals surface area contributed by atoms with E-state index in [1.807, 2.05) is 11.3 Å². The van der Waals surface area contributed by atoms with E-state index in [-0.39, 0.29) is 5.60 Å². The average molecular weight is 295 g/mol. The maximum Gasteiger partial charge on any atom is 0.0886 e. The summed E-state index contributed by atoms with van der Waals surface area (Å²) in [4.78, 5) is 1.47. The average Bonchev–Trinajstić information content (AvgIpc) is 2.82. The van der Waals surface area contributed by atoms with Crippen LogP contribution in [0.15, 0.2) is 11.4 Å². The van der Waals surface area contributed by atoms with Crippen LogP contribution in [0.4, 0.5) is 0 Å². The number of likely N-dealkylation sites (N-methyl/N-ethyl adjacent to an activating group) is 1. The second kappa shape index (κ2) is 7.06. The number of nitrogens with one attached hydrogen (secondary N) is 1. The van der Waals surface area contributed by atoms with Crippen molar-refractivity contribution >= 4 is 11.3 Å². The fourth-order valence-corrected chi connectivity index (χ4v) is 4.82. The number of aryl methyl sites for hydroxylation is 1. The van der Waals surface area contributed by atoms with Crippen molar-refractivity contribution in [3.05, 3.63) is 21.9 Å². The quantitative estimate of drug-likeness (QED) is 0.822. The van der Waals surface area contributed by atoms with Gasteiger partial charge < -0.3 is 10.1 Å². The minimum atomic E-state index is -0.0158. The van der Waals surface area contributed by atoms with Crippen molar-refractivity contribution in [1.29, 1.82) is 0 Å². The Hall–Kier alpha value is -0.380. The van der Waals surface area contributed by atoms with Crippen molar-refractivity contribution in [3.8, 4) is 0 Å². The largest absolute Gasteiger partial charge is 0.373 e. The molecule has 0 amide bonds. The van der Waals surface area contributed by atoms with Crippen LogP contribution in [0.25, 0.3) is 0 Å². The first-order valence-corrected chi connectivity index (χ1v) is 8.92. The minimum absolute atomic E-state index is 0.0158. The second-order valence-electron chi connectivity index (χ2n) is 6.16. The summed E-state index contributed by atoms with van der Waals surface area (Å²) < 4.78 is 6.38. The van der Waals surface area contributed by atoms with Gasteiger partial charge in [-0.15, -0.1) is 11.3 Å². The first kappa shape index (κ1) is 16.0. The molecule has 0 aromatic carbocycles. The third-order valence-corrected chi connectivity index (χ3v) is 5.60. The zero-order valence-corrected chi connectivity index (χ0v) is 14.2. The molecule has 3 atom stereocenters. The molecule has 1 N–H and O–H groups in total. The van der Waals surface area contributed by atoms with Gasteiger partial charge in [-0.3, -0.25) is 0 Å². The molecule has 0 spiro atoms.